The lowest BCUT2D eigenvalue weighted by atomic mass is 10.1. The van der Waals surface area contributed by atoms with Crippen LogP contribution in [0, 0.1) is 5.92 Å². The zero-order valence-electron chi connectivity index (χ0n) is 9.96. The summed E-state index contributed by atoms with van der Waals surface area (Å²) >= 11 is 1.54. The summed E-state index contributed by atoms with van der Waals surface area (Å²) in [6, 6.07) is 5.93. The molecule has 0 spiro atoms. The van der Waals surface area contributed by atoms with E-state index < -0.39 is 0 Å². The van der Waals surface area contributed by atoms with Crippen molar-refractivity contribution in [3.63, 3.8) is 0 Å². The number of carbonyl (C=O) groups is 1. The molecule has 0 saturated carbocycles. The number of nitrogens with zero attached hydrogens (tertiary/aromatic N) is 2. The molecule has 1 N–H and O–H groups in total. The van der Waals surface area contributed by atoms with Crippen LogP contribution in [0.1, 0.15) is 18.9 Å². The largest absolute Gasteiger partial charge is 0.332 e. The molecular formula is C13H13N3OS. The first kappa shape index (κ1) is 11.3. The van der Waals surface area contributed by atoms with Crippen molar-refractivity contribution in [1.29, 1.82) is 0 Å². The minimum absolute atomic E-state index is 0.0502. The Morgan fingerprint density at radius 2 is 2.39 bits per heavy atom. The van der Waals surface area contributed by atoms with Crippen LogP contribution < -0.4 is 9.73 Å². The average molecular weight is 259 g/mol. The third-order valence-electron chi connectivity index (χ3n) is 2.91. The van der Waals surface area contributed by atoms with E-state index in [2.05, 4.69) is 9.82 Å². The maximum absolute atomic E-state index is 11.9. The van der Waals surface area contributed by atoms with Gasteiger partial charge in [0.05, 0.1) is 5.69 Å². The molecule has 2 heterocycles. The van der Waals surface area contributed by atoms with E-state index in [1.165, 1.54) is 5.01 Å². The molecule has 0 radical (unpaired) electrons. The predicted octanol–water partition coefficient (Wildman–Crippen LogP) is 2.63. The summed E-state index contributed by atoms with van der Waals surface area (Å²) < 4.78 is 3.08. The first-order valence-electron chi connectivity index (χ1n) is 5.84. The average Bonchev–Trinajstić information content (AvgIpc) is 2.38. The molecule has 2 aliphatic rings. The van der Waals surface area contributed by atoms with Crippen LogP contribution in [0.15, 0.2) is 34.4 Å². The number of hydrazone groups is 1. The fraction of sp³-hybridized carbons (Fsp3) is 0.231. The van der Waals surface area contributed by atoms with E-state index >= 15 is 0 Å². The van der Waals surface area contributed by atoms with Crippen LogP contribution in [-0.4, -0.2) is 12.1 Å². The fourth-order valence-electron chi connectivity index (χ4n) is 1.97. The molecule has 0 aromatic heterocycles. The van der Waals surface area contributed by atoms with E-state index in [9.17, 15) is 4.79 Å². The Balaban J connectivity index is 1.95. The van der Waals surface area contributed by atoms with Crippen molar-refractivity contribution in [2.75, 3.05) is 5.01 Å². The highest BCUT2D eigenvalue weighted by atomic mass is 32.2. The predicted molar refractivity (Wildman–Crippen MR) is 74.2 cm³/mol. The smallest absolute Gasteiger partial charge is 0.248 e. The van der Waals surface area contributed by atoms with E-state index in [1.807, 2.05) is 43.6 Å². The molecular weight excluding hydrogens is 246 g/mol. The molecule has 92 valence electrons. The molecule has 1 amide bonds. The van der Waals surface area contributed by atoms with Crippen molar-refractivity contribution in [2.24, 2.45) is 11.0 Å². The van der Waals surface area contributed by atoms with Gasteiger partial charge in [-0.1, -0.05) is 13.0 Å². The van der Waals surface area contributed by atoms with E-state index in [0.717, 1.165) is 16.1 Å². The lowest BCUT2D eigenvalue weighted by molar-refractivity contribution is -0.119. The van der Waals surface area contributed by atoms with Gasteiger partial charge in [-0.05, 0) is 35.7 Å². The van der Waals surface area contributed by atoms with Gasteiger partial charge in [-0.25, -0.2) is 5.01 Å². The Morgan fingerprint density at radius 1 is 1.50 bits per heavy atom. The summed E-state index contributed by atoms with van der Waals surface area (Å²) in [5.74, 6) is 0.277. The lowest BCUT2D eigenvalue weighted by Crippen LogP contribution is -2.31. The van der Waals surface area contributed by atoms with E-state index in [1.54, 1.807) is 11.9 Å². The van der Waals surface area contributed by atoms with Crippen LogP contribution in [0.2, 0.25) is 0 Å². The monoisotopic (exact) mass is 259 g/mol. The number of carbonyl (C=O) groups excluding carboxylic acids is 1. The SMILES string of the molecule is CC1C=NN(c2ccc3c(c2)SNC=C3)C(=O)C1. The van der Waals surface area contributed by atoms with Gasteiger partial charge in [0.2, 0.25) is 5.91 Å². The normalized spacial score (nSPS) is 21.7. The zero-order valence-corrected chi connectivity index (χ0v) is 10.8. The molecule has 2 aliphatic heterocycles. The van der Waals surface area contributed by atoms with Crippen LogP contribution in [-0.2, 0) is 4.79 Å². The van der Waals surface area contributed by atoms with Gasteiger partial charge in [0, 0.05) is 29.6 Å². The van der Waals surface area contributed by atoms with Gasteiger partial charge in [-0.3, -0.25) is 4.79 Å². The summed E-state index contributed by atoms with van der Waals surface area (Å²) in [5, 5.41) is 5.71. The highest BCUT2D eigenvalue weighted by molar-refractivity contribution is 7.97. The Hall–Kier alpha value is -1.75. The van der Waals surface area contributed by atoms with Gasteiger partial charge >= 0.3 is 0 Å². The molecule has 1 aromatic carbocycles. The number of nitrogens with one attached hydrogen (secondary N) is 1. The lowest BCUT2D eigenvalue weighted by Gasteiger charge is -2.24. The molecule has 4 nitrogen and oxygen atoms in total. The molecule has 0 saturated heterocycles. The van der Waals surface area contributed by atoms with Crippen molar-refractivity contribution in [3.8, 4) is 0 Å². The second-order valence-electron chi connectivity index (χ2n) is 4.43. The zero-order chi connectivity index (χ0) is 12.5. The van der Waals surface area contributed by atoms with Gasteiger partial charge < -0.3 is 4.72 Å². The van der Waals surface area contributed by atoms with Crippen molar-refractivity contribution in [3.05, 3.63) is 30.0 Å². The Kier molecular flexibility index (Phi) is 2.83. The first-order chi connectivity index (χ1) is 8.74. The summed E-state index contributed by atoms with van der Waals surface area (Å²) in [5.41, 5.74) is 1.98. The molecule has 1 atom stereocenters. The van der Waals surface area contributed by atoms with Crippen LogP contribution in [0.25, 0.3) is 6.08 Å². The molecule has 1 unspecified atom stereocenters. The summed E-state index contributed by atoms with van der Waals surface area (Å²) in [6.45, 7) is 2.00. The summed E-state index contributed by atoms with van der Waals surface area (Å²) in [6.07, 6.45) is 6.26. The van der Waals surface area contributed by atoms with Gasteiger partial charge in [-0.2, -0.15) is 5.10 Å². The second-order valence-corrected chi connectivity index (χ2v) is 5.31. The van der Waals surface area contributed by atoms with Gasteiger partial charge in [0.1, 0.15) is 0 Å². The minimum Gasteiger partial charge on any atom is -0.332 e. The minimum atomic E-state index is 0.0502. The van der Waals surface area contributed by atoms with Crippen molar-refractivity contribution >= 4 is 35.8 Å². The number of amides is 1. The van der Waals surface area contributed by atoms with Gasteiger partial charge in [-0.15, -0.1) is 0 Å². The molecule has 1 aromatic rings. The number of anilines is 1. The van der Waals surface area contributed by atoms with E-state index in [4.69, 9.17) is 0 Å². The molecule has 5 heteroatoms. The number of fused-ring (bicyclic) bond motifs is 1. The van der Waals surface area contributed by atoms with Gasteiger partial charge in [0.25, 0.3) is 0 Å². The van der Waals surface area contributed by atoms with Crippen molar-refractivity contribution < 1.29 is 4.79 Å². The van der Waals surface area contributed by atoms with E-state index in [-0.39, 0.29) is 11.8 Å². The highest BCUT2D eigenvalue weighted by Gasteiger charge is 2.22. The fourth-order valence-corrected chi connectivity index (χ4v) is 2.67. The number of hydrogen-bond acceptors (Lipinski definition) is 4. The maximum Gasteiger partial charge on any atom is 0.248 e. The van der Waals surface area contributed by atoms with Crippen LogP contribution in [0.5, 0.6) is 0 Å². The van der Waals surface area contributed by atoms with Crippen molar-refractivity contribution in [2.45, 2.75) is 18.2 Å². The quantitative estimate of drug-likeness (QED) is 0.788. The third-order valence-corrected chi connectivity index (χ3v) is 3.74. The second kappa shape index (κ2) is 4.49. The number of rotatable bonds is 1. The van der Waals surface area contributed by atoms with Gasteiger partial charge in [0.15, 0.2) is 0 Å². The molecule has 0 aliphatic carbocycles. The standard InChI is InChI=1S/C13H13N3OS/c1-9-6-13(17)16(14-8-9)11-3-2-10-4-5-15-18-12(10)7-11/h2-5,7-9,15H,6H2,1H3. The Bertz CT molecular complexity index is 553. The van der Waals surface area contributed by atoms with Crippen LogP contribution in [0.4, 0.5) is 5.69 Å². The molecule has 0 fully saturated rings. The van der Waals surface area contributed by atoms with E-state index in [0.29, 0.717) is 6.42 Å². The number of hydrogen-bond donors (Lipinski definition) is 1. The number of benzene rings is 1. The topological polar surface area (TPSA) is 44.7 Å². The third kappa shape index (κ3) is 2.01. The Morgan fingerprint density at radius 3 is 3.22 bits per heavy atom. The molecule has 0 bridgehead atoms. The summed E-state index contributed by atoms with van der Waals surface area (Å²) in [4.78, 5) is 13.1. The van der Waals surface area contributed by atoms with Crippen molar-refractivity contribution in [1.82, 2.24) is 4.72 Å². The Labute approximate surface area is 110 Å². The van der Waals surface area contributed by atoms with Crippen LogP contribution in [0.3, 0.4) is 0 Å². The summed E-state index contributed by atoms with van der Waals surface area (Å²) in [7, 11) is 0. The molecule has 3 rings (SSSR count). The maximum atomic E-state index is 11.9. The highest BCUT2D eigenvalue weighted by Crippen LogP contribution is 2.31. The van der Waals surface area contributed by atoms with Crippen LogP contribution >= 0.6 is 11.9 Å². The first-order valence-corrected chi connectivity index (χ1v) is 6.66. The molecule has 18 heavy (non-hydrogen) atoms.